The van der Waals surface area contributed by atoms with Gasteiger partial charge in [-0.2, -0.15) is 9.55 Å². The SMILES string of the molecule is COCC[C@H]1[C@@H](O)[C@H](n2c[n+](C)c3c(=O)[nH]c(NC(C)C)nc32)O[C@@H]1C. The minimum Gasteiger partial charge on any atom is -0.386 e. The number of ether oxygens (including phenoxy) is 2. The Labute approximate surface area is 152 Å². The van der Waals surface area contributed by atoms with Crippen molar-refractivity contribution in [1.29, 1.82) is 0 Å². The van der Waals surface area contributed by atoms with Gasteiger partial charge in [-0.25, -0.2) is 4.57 Å². The number of nitrogens with one attached hydrogen (secondary N) is 2. The van der Waals surface area contributed by atoms with Gasteiger partial charge in [0, 0.05) is 25.7 Å². The molecule has 144 valence electrons. The molecule has 2 aromatic rings. The topological polar surface area (TPSA) is 105 Å². The van der Waals surface area contributed by atoms with Gasteiger partial charge in [0.2, 0.25) is 18.5 Å². The highest BCUT2D eigenvalue weighted by atomic mass is 16.5. The highest BCUT2D eigenvalue weighted by Crippen LogP contribution is 2.36. The molecular formula is C17H28N5O4+. The highest BCUT2D eigenvalue weighted by Gasteiger charge is 2.46. The molecule has 9 heteroatoms. The van der Waals surface area contributed by atoms with Crippen LogP contribution in [0, 0.1) is 5.92 Å². The Morgan fingerprint density at radius 1 is 1.54 bits per heavy atom. The molecule has 0 aliphatic carbocycles. The van der Waals surface area contributed by atoms with Crippen LogP contribution in [0.25, 0.3) is 11.2 Å². The molecule has 4 atom stereocenters. The third kappa shape index (κ3) is 3.34. The maximum Gasteiger partial charge on any atom is 0.304 e. The molecule has 2 aromatic heterocycles. The number of H-pyrrole nitrogens is 1. The van der Waals surface area contributed by atoms with E-state index in [1.807, 2.05) is 20.8 Å². The van der Waals surface area contributed by atoms with Crippen LogP contribution in [0.5, 0.6) is 0 Å². The van der Waals surface area contributed by atoms with Crippen molar-refractivity contribution in [2.75, 3.05) is 19.0 Å². The van der Waals surface area contributed by atoms with E-state index in [1.165, 1.54) is 0 Å². The van der Waals surface area contributed by atoms with Gasteiger partial charge >= 0.3 is 5.56 Å². The Balaban J connectivity index is 2.02. The van der Waals surface area contributed by atoms with Gasteiger partial charge in [-0.1, -0.05) is 0 Å². The molecule has 1 aliphatic heterocycles. The lowest BCUT2D eigenvalue weighted by atomic mass is 9.95. The van der Waals surface area contributed by atoms with Crippen LogP contribution in [0.3, 0.4) is 0 Å². The van der Waals surface area contributed by atoms with Crippen LogP contribution in [-0.4, -0.2) is 51.6 Å². The second-order valence-corrected chi connectivity index (χ2v) is 7.19. The summed E-state index contributed by atoms with van der Waals surface area (Å²) in [6, 6.07) is 0.125. The van der Waals surface area contributed by atoms with Gasteiger partial charge < -0.3 is 19.9 Å². The smallest absolute Gasteiger partial charge is 0.304 e. The minimum absolute atomic E-state index is 0.0436. The number of rotatable bonds is 6. The minimum atomic E-state index is -0.710. The molecule has 9 nitrogen and oxygen atoms in total. The van der Waals surface area contributed by atoms with Crippen LogP contribution in [0.15, 0.2) is 11.1 Å². The number of nitrogens with zero attached hydrogens (tertiary/aromatic N) is 3. The second-order valence-electron chi connectivity index (χ2n) is 7.19. The van der Waals surface area contributed by atoms with E-state index < -0.39 is 12.3 Å². The molecule has 1 saturated heterocycles. The zero-order chi connectivity index (χ0) is 19.0. The Morgan fingerprint density at radius 3 is 2.92 bits per heavy atom. The molecule has 0 bridgehead atoms. The largest absolute Gasteiger partial charge is 0.386 e. The summed E-state index contributed by atoms with van der Waals surface area (Å²) >= 11 is 0. The van der Waals surface area contributed by atoms with Gasteiger partial charge in [0.25, 0.3) is 11.2 Å². The summed E-state index contributed by atoms with van der Waals surface area (Å²) in [6.45, 7) is 6.44. The van der Waals surface area contributed by atoms with E-state index >= 15 is 0 Å². The number of aromatic amines is 1. The third-order valence-electron chi connectivity index (χ3n) is 4.81. The molecule has 1 aliphatic rings. The van der Waals surface area contributed by atoms with Crippen LogP contribution in [0.4, 0.5) is 5.95 Å². The van der Waals surface area contributed by atoms with Crippen molar-refractivity contribution in [2.45, 2.75) is 51.7 Å². The number of aliphatic hydroxyl groups is 1. The molecule has 3 N–H and O–H groups in total. The average molecular weight is 366 g/mol. The van der Waals surface area contributed by atoms with E-state index in [0.717, 1.165) is 0 Å². The van der Waals surface area contributed by atoms with Crippen LogP contribution in [0.2, 0.25) is 0 Å². The summed E-state index contributed by atoms with van der Waals surface area (Å²) in [5.74, 6) is 0.354. The van der Waals surface area contributed by atoms with E-state index in [1.54, 1.807) is 29.6 Å². The fraction of sp³-hybridized carbons (Fsp3) is 0.706. The summed E-state index contributed by atoms with van der Waals surface area (Å²) in [4.78, 5) is 19.8. The van der Waals surface area contributed by atoms with Crippen molar-refractivity contribution in [3.05, 3.63) is 16.7 Å². The molecule has 0 radical (unpaired) electrons. The molecule has 26 heavy (non-hydrogen) atoms. The van der Waals surface area contributed by atoms with Crippen molar-refractivity contribution in [3.8, 4) is 0 Å². The molecular weight excluding hydrogens is 338 g/mol. The summed E-state index contributed by atoms with van der Waals surface area (Å²) in [7, 11) is 3.42. The van der Waals surface area contributed by atoms with E-state index in [2.05, 4.69) is 15.3 Å². The van der Waals surface area contributed by atoms with Crippen molar-refractivity contribution >= 4 is 17.1 Å². The number of aryl methyl sites for hydroxylation is 1. The van der Waals surface area contributed by atoms with Gasteiger partial charge in [0.15, 0.2) is 0 Å². The predicted molar refractivity (Wildman–Crippen MR) is 95.9 cm³/mol. The molecule has 0 unspecified atom stereocenters. The number of anilines is 1. The summed E-state index contributed by atoms with van der Waals surface area (Å²) < 4.78 is 14.6. The van der Waals surface area contributed by atoms with Crippen molar-refractivity contribution in [1.82, 2.24) is 14.5 Å². The number of methoxy groups -OCH3 is 1. The summed E-state index contributed by atoms with van der Waals surface area (Å²) in [6.07, 6.45) is 1.01. The first-order chi connectivity index (χ1) is 12.3. The van der Waals surface area contributed by atoms with Gasteiger partial charge in [0.05, 0.1) is 13.2 Å². The van der Waals surface area contributed by atoms with E-state index in [0.29, 0.717) is 30.1 Å². The van der Waals surface area contributed by atoms with Crippen LogP contribution >= 0.6 is 0 Å². The van der Waals surface area contributed by atoms with Crippen LogP contribution in [-0.2, 0) is 16.5 Å². The van der Waals surface area contributed by atoms with Gasteiger partial charge in [-0.05, 0) is 27.2 Å². The highest BCUT2D eigenvalue weighted by molar-refractivity contribution is 5.67. The monoisotopic (exact) mass is 366 g/mol. The Bertz CT molecular complexity index is 830. The van der Waals surface area contributed by atoms with E-state index in [9.17, 15) is 9.90 Å². The number of imidazole rings is 1. The fourth-order valence-corrected chi connectivity index (χ4v) is 3.56. The molecule has 3 heterocycles. The molecule has 3 rings (SSSR count). The first-order valence-electron chi connectivity index (χ1n) is 8.93. The number of fused-ring (bicyclic) bond motifs is 1. The first-order valence-corrected chi connectivity index (χ1v) is 8.93. The van der Waals surface area contributed by atoms with E-state index in [4.69, 9.17) is 9.47 Å². The number of aromatic nitrogens is 4. The Kier molecular flexibility index (Phi) is 5.31. The molecule has 0 spiro atoms. The lowest BCUT2D eigenvalue weighted by Gasteiger charge is -2.16. The van der Waals surface area contributed by atoms with Crippen molar-refractivity contribution in [2.24, 2.45) is 13.0 Å². The molecule has 0 amide bonds. The lowest BCUT2D eigenvalue weighted by Crippen LogP contribution is -2.32. The molecule has 0 saturated carbocycles. The van der Waals surface area contributed by atoms with Gasteiger partial charge in [0.1, 0.15) is 6.10 Å². The normalized spacial score (nSPS) is 26.1. The Morgan fingerprint density at radius 2 is 2.27 bits per heavy atom. The van der Waals surface area contributed by atoms with Crippen molar-refractivity contribution < 1.29 is 19.1 Å². The standard InChI is InChI=1S/C17H27N5O4/c1-9(2)18-17-19-14-12(15(24)20-17)21(4)8-22(14)16-13(23)11(6-7-25-5)10(3)26-16/h8-11,13,16,23H,6-7H2,1-5H3,(H-,18,19,20,24)/p+1/t10-,11-,13-,16-/m1/s1. The predicted octanol–water partition coefficient (Wildman–Crippen LogP) is 0.300. The maximum absolute atomic E-state index is 12.5. The molecule has 1 fully saturated rings. The Hall–Kier alpha value is -1.97. The average Bonchev–Trinajstić information content (AvgIpc) is 3.02. The quantitative estimate of drug-likeness (QED) is 0.635. The number of hydrogen-bond donors (Lipinski definition) is 3. The number of hydrogen-bond acceptors (Lipinski definition) is 6. The van der Waals surface area contributed by atoms with Gasteiger partial charge in [-0.3, -0.25) is 9.78 Å². The fourth-order valence-electron chi connectivity index (χ4n) is 3.56. The zero-order valence-electron chi connectivity index (χ0n) is 15.9. The summed E-state index contributed by atoms with van der Waals surface area (Å²) in [5, 5.41) is 13.9. The number of aliphatic hydroxyl groups excluding tert-OH is 1. The van der Waals surface area contributed by atoms with Crippen molar-refractivity contribution in [3.63, 3.8) is 0 Å². The third-order valence-corrected chi connectivity index (χ3v) is 4.81. The lowest BCUT2D eigenvalue weighted by molar-refractivity contribution is -0.646. The van der Waals surface area contributed by atoms with E-state index in [-0.39, 0.29) is 23.6 Å². The summed E-state index contributed by atoms with van der Waals surface area (Å²) in [5.41, 5.74) is 0.669. The van der Waals surface area contributed by atoms with Gasteiger partial charge in [-0.15, -0.1) is 0 Å². The second kappa shape index (κ2) is 7.34. The van der Waals surface area contributed by atoms with Crippen LogP contribution in [0.1, 0.15) is 33.4 Å². The van der Waals surface area contributed by atoms with Crippen LogP contribution < -0.4 is 15.4 Å². The maximum atomic E-state index is 12.5. The zero-order valence-corrected chi connectivity index (χ0v) is 15.9. The first kappa shape index (κ1) is 18.8. The molecule has 0 aromatic carbocycles.